The molecule has 3 nitrogen and oxygen atoms in total. The van der Waals surface area contributed by atoms with Gasteiger partial charge in [0.15, 0.2) is 0 Å². The van der Waals surface area contributed by atoms with E-state index in [-0.39, 0.29) is 17.4 Å². The van der Waals surface area contributed by atoms with Crippen molar-refractivity contribution in [2.45, 2.75) is 44.9 Å². The molecule has 1 rings (SSSR count). The van der Waals surface area contributed by atoms with Gasteiger partial charge in [0.05, 0.1) is 4.75 Å². The molecule has 0 aromatic heterocycles. The van der Waals surface area contributed by atoms with E-state index >= 15 is 0 Å². The average molecular weight is 245 g/mol. The van der Waals surface area contributed by atoms with Gasteiger partial charge in [-0.2, -0.15) is 0 Å². The Morgan fingerprint density at radius 2 is 2.12 bits per heavy atom. The third kappa shape index (κ3) is 2.73. The molecule has 1 aliphatic heterocycles. The number of hydrogen-bond acceptors (Lipinski definition) is 2. The molecule has 0 aliphatic carbocycles. The van der Waals surface area contributed by atoms with E-state index in [0.29, 0.717) is 12.3 Å². The van der Waals surface area contributed by atoms with Crippen LogP contribution in [0.1, 0.15) is 34.1 Å². The summed E-state index contributed by atoms with van der Waals surface area (Å²) in [5.41, 5.74) is 1.10. The zero-order valence-electron chi connectivity index (χ0n) is 10.7. The van der Waals surface area contributed by atoms with Crippen LogP contribution >= 0.6 is 0 Å². The van der Waals surface area contributed by atoms with Gasteiger partial charge in [-0.1, -0.05) is 19.1 Å². The van der Waals surface area contributed by atoms with Crippen LogP contribution in [0.5, 0.6) is 0 Å². The fourth-order valence-corrected chi connectivity index (χ4v) is 3.55. The number of hydrogen-bond donors (Lipinski definition) is 1. The third-order valence-corrected chi connectivity index (χ3v) is 4.88. The summed E-state index contributed by atoms with van der Waals surface area (Å²) < 4.78 is 14.1. The first-order valence-corrected chi connectivity index (χ1v) is 6.88. The van der Waals surface area contributed by atoms with E-state index in [4.69, 9.17) is 5.11 Å². The predicted octanol–water partition coefficient (Wildman–Crippen LogP) is 1.71. The highest BCUT2D eigenvalue weighted by atomic mass is 32.2. The highest BCUT2D eigenvalue weighted by Crippen LogP contribution is 2.33. The van der Waals surface area contributed by atoms with Gasteiger partial charge in [-0.3, -0.25) is 0 Å². The van der Waals surface area contributed by atoms with Crippen molar-refractivity contribution < 1.29 is 9.32 Å². The summed E-state index contributed by atoms with van der Waals surface area (Å²) in [4.78, 5) is 0. The maximum Gasteiger partial charge on any atom is 0.100 e. The van der Waals surface area contributed by atoms with Crippen molar-refractivity contribution in [3.05, 3.63) is 12.2 Å². The molecule has 1 unspecified atom stereocenters. The van der Waals surface area contributed by atoms with E-state index in [1.807, 2.05) is 25.1 Å². The molecule has 1 heterocycles. The summed E-state index contributed by atoms with van der Waals surface area (Å²) in [5, 5.41) is 9.07. The standard InChI is InChI=1S/C12H23NO2S/c1-9-8-13(16(15)12(3,4)5)11(6-7-14)10(9)2/h9,11,14H,2,6-8H2,1,3-5H3/t9-,11+,16?/m0/s1. The van der Waals surface area contributed by atoms with Crippen LogP contribution in [0.25, 0.3) is 0 Å². The number of aliphatic hydroxyl groups is 1. The van der Waals surface area contributed by atoms with Crippen molar-refractivity contribution >= 4 is 11.0 Å². The Hall–Kier alpha value is -0.190. The maximum atomic E-state index is 12.4. The van der Waals surface area contributed by atoms with Crippen molar-refractivity contribution in [3.8, 4) is 0 Å². The molecule has 1 N–H and O–H groups in total. The summed E-state index contributed by atoms with van der Waals surface area (Å²) >= 11 is 0. The van der Waals surface area contributed by atoms with Crippen LogP contribution < -0.4 is 0 Å². The maximum absolute atomic E-state index is 12.4. The Bertz CT molecular complexity index is 296. The molecule has 1 aliphatic rings. The average Bonchev–Trinajstić information content (AvgIpc) is 2.44. The minimum atomic E-state index is -1.02. The smallest absolute Gasteiger partial charge is 0.100 e. The van der Waals surface area contributed by atoms with Crippen molar-refractivity contribution in [1.82, 2.24) is 4.31 Å². The molecule has 0 bridgehead atoms. The van der Waals surface area contributed by atoms with Crippen LogP contribution in [0, 0.1) is 5.92 Å². The molecule has 0 spiro atoms. The Morgan fingerprint density at radius 1 is 1.56 bits per heavy atom. The molecule has 0 amide bonds. The second-order valence-electron chi connectivity index (χ2n) is 5.47. The van der Waals surface area contributed by atoms with Crippen LogP contribution in [0.3, 0.4) is 0 Å². The fraction of sp³-hybridized carbons (Fsp3) is 0.833. The fourth-order valence-electron chi connectivity index (χ4n) is 2.01. The molecule has 0 radical (unpaired) electrons. The normalized spacial score (nSPS) is 29.7. The lowest BCUT2D eigenvalue weighted by atomic mass is 10.0. The molecule has 0 saturated carbocycles. The van der Waals surface area contributed by atoms with Gasteiger partial charge < -0.3 is 5.11 Å². The highest BCUT2D eigenvalue weighted by Gasteiger charge is 2.39. The molecule has 0 aromatic rings. The zero-order valence-corrected chi connectivity index (χ0v) is 11.5. The van der Waals surface area contributed by atoms with Crippen LogP contribution in [0.4, 0.5) is 0 Å². The minimum absolute atomic E-state index is 0.0695. The predicted molar refractivity (Wildman–Crippen MR) is 68.4 cm³/mol. The molecule has 1 saturated heterocycles. The molecular weight excluding hydrogens is 222 g/mol. The first-order valence-electron chi connectivity index (χ1n) is 5.77. The van der Waals surface area contributed by atoms with E-state index in [0.717, 1.165) is 12.1 Å². The molecule has 1 fully saturated rings. The SMILES string of the molecule is C=C1[C@@H](CCO)N(S(=O)C(C)(C)C)C[C@@H]1C. The van der Waals surface area contributed by atoms with E-state index in [9.17, 15) is 4.21 Å². The lowest BCUT2D eigenvalue weighted by Crippen LogP contribution is -2.41. The van der Waals surface area contributed by atoms with Crippen LogP contribution in [0.2, 0.25) is 0 Å². The topological polar surface area (TPSA) is 40.5 Å². The van der Waals surface area contributed by atoms with Crippen molar-refractivity contribution in [1.29, 1.82) is 0 Å². The molecule has 0 aromatic carbocycles. The van der Waals surface area contributed by atoms with Crippen molar-refractivity contribution in [2.24, 2.45) is 5.92 Å². The third-order valence-electron chi connectivity index (χ3n) is 3.00. The monoisotopic (exact) mass is 245 g/mol. The second kappa shape index (κ2) is 4.98. The number of rotatable bonds is 3. The van der Waals surface area contributed by atoms with Gasteiger partial charge in [0.1, 0.15) is 11.0 Å². The van der Waals surface area contributed by atoms with E-state index in [1.165, 1.54) is 0 Å². The van der Waals surface area contributed by atoms with Crippen molar-refractivity contribution in [3.63, 3.8) is 0 Å². The Balaban J connectivity index is 2.87. The summed E-state index contributed by atoms with van der Waals surface area (Å²) in [5.74, 6) is 0.364. The summed E-state index contributed by atoms with van der Waals surface area (Å²) in [6.07, 6.45) is 0.630. The molecule has 16 heavy (non-hydrogen) atoms. The molecular formula is C12H23NO2S. The van der Waals surface area contributed by atoms with Crippen LogP contribution in [-0.4, -0.2) is 37.6 Å². The minimum Gasteiger partial charge on any atom is -0.396 e. The van der Waals surface area contributed by atoms with Crippen molar-refractivity contribution in [2.75, 3.05) is 13.2 Å². The summed E-state index contributed by atoms with van der Waals surface area (Å²) in [6.45, 7) is 13.0. The Morgan fingerprint density at radius 3 is 2.56 bits per heavy atom. The van der Waals surface area contributed by atoms with Gasteiger partial charge in [0, 0.05) is 19.2 Å². The van der Waals surface area contributed by atoms with E-state index in [1.54, 1.807) is 0 Å². The lowest BCUT2D eigenvalue weighted by Gasteiger charge is -2.29. The largest absolute Gasteiger partial charge is 0.396 e. The highest BCUT2D eigenvalue weighted by molar-refractivity contribution is 7.84. The Labute approximate surface area is 101 Å². The number of aliphatic hydroxyl groups excluding tert-OH is 1. The summed E-state index contributed by atoms with van der Waals surface area (Å²) in [6, 6.07) is 0.0695. The van der Waals surface area contributed by atoms with Gasteiger partial charge in [-0.05, 0) is 33.1 Å². The van der Waals surface area contributed by atoms with Crippen LogP contribution in [0.15, 0.2) is 12.2 Å². The first kappa shape index (κ1) is 13.9. The van der Waals surface area contributed by atoms with E-state index < -0.39 is 11.0 Å². The molecule has 3 atom stereocenters. The second-order valence-corrected chi connectivity index (χ2v) is 7.66. The van der Waals surface area contributed by atoms with Crippen LogP contribution in [-0.2, 0) is 11.0 Å². The van der Waals surface area contributed by atoms with Gasteiger partial charge in [-0.25, -0.2) is 8.51 Å². The van der Waals surface area contributed by atoms with Gasteiger partial charge in [0.25, 0.3) is 0 Å². The molecule has 94 valence electrons. The first-order chi connectivity index (χ1) is 7.29. The quantitative estimate of drug-likeness (QED) is 0.769. The zero-order chi connectivity index (χ0) is 12.5. The molecule has 4 heteroatoms. The number of nitrogens with zero attached hydrogens (tertiary/aromatic N) is 1. The van der Waals surface area contributed by atoms with E-state index in [2.05, 4.69) is 13.5 Å². The van der Waals surface area contributed by atoms with Gasteiger partial charge in [-0.15, -0.1) is 0 Å². The lowest BCUT2D eigenvalue weighted by molar-refractivity contribution is 0.258. The summed E-state index contributed by atoms with van der Waals surface area (Å²) in [7, 11) is -1.02. The van der Waals surface area contributed by atoms with Gasteiger partial charge >= 0.3 is 0 Å². The van der Waals surface area contributed by atoms with Gasteiger partial charge in [0.2, 0.25) is 0 Å². The Kier molecular flexibility index (Phi) is 4.32.